The smallest absolute Gasteiger partial charge is 0.0484 e. The van der Waals surface area contributed by atoms with Crippen molar-refractivity contribution in [3.63, 3.8) is 0 Å². The van der Waals surface area contributed by atoms with E-state index in [1.165, 1.54) is 0 Å². The molecule has 3 heteroatoms. The molecule has 17 heavy (non-hydrogen) atoms. The second-order valence-corrected chi connectivity index (χ2v) is 6.13. The van der Waals surface area contributed by atoms with Gasteiger partial charge in [0, 0.05) is 25.3 Å². The van der Waals surface area contributed by atoms with E-state index in [0.717, 1.165) is 56.9 Å². The Morgan fingerprint density at radius 2 is 1.65 bits per heavy atom. The number of hydrogen-bond acceptors (Lipinski definition) is 3. The fourth-order valence-corrected chi connectivity index (χ4v) is 2.79. The molecule has 3 N–H and O–H groups in total. The van der Waals surface area contributed by atoms with Crippen molar-refractivity contribution in [1.82, 2.24) is 5.32 Å². The lowest BCUT2D eigenvalue weighted by molar-refractivity contribution is 0.0376. The predicted octanol–water partition coefficient (Wildman–Crippen LogP) is 2.01. The van der Waals surface area contributed by atoms with Crippen LogP contribution in [0.15, 0.2) is 0 Å². The maximum absolute atomic E-state index is 5.96. The highest BCUT2D eigenvalue weighted by atomic mass is 16.5. The van der Waals surface area contributed by atoms with E-state index >= 15 is 0 Å². The zero-order chi connectivity index (χ0) is 12.9. The van der Waals surface area contributed by atoms with Crippen molar-refractivity contribution in [3.8, 4) is 0 Å². The van der Waals surface area contributed by atoms with Crippen LogP contribution < -0.4 is 11.1 Å². The minimum absolute atomic E-state index is 0.125. The van der Waals surface area contributed by atoms with Crippen molar-refractivity contribution >= 4 is 0 Å². The third kappa shape index (κ3) is 4.23. The Balaban J connectivity index is 2.50. The predicted molar refractivity (Wildman–Crippen MR) is 73.0 cm³/mol. The highest BCUT2D eigenvalue weighted by molar-refractivity contribution is 4.92. The SMILES string of the molecule is CC(C)C(CNC1(CN)CCOCC1)C(C)C. The quantitative estimate of drug-likeness (QED) is 0.749. The van der Waals surface area contributed by atoms with Gasteiger partial charge in [0.25, 0.3) is 0 Å². The fourth-order valence-electron chi connectivity index (χ4n) is 2.79. The lowest BCUT2D eigenvalue weighted by atomic mass is 9.83. The Morgan fingerprint density at radius 3 is 2.06 bits per heavy atom. The average molecular weight is 242 g/mol. The van der Waals surface area contributed by atoms with Gasteiger partial charge in [0.15, 0.2) is 0 Å². The summed E-state index contributed by atoms with van der Waals surface area (Å²) >= 11 is 0. The third-order valence-corrected chi connectivity index (χ3v) is 4.27. The summed E-state index contributed by atoms with van der Waals surface area (Å²) in [5.41, 5.74) is 6.08. The summed E-state index contributed by atoms with van der Waals surface area (Å²) in [5, 5.41) is 3.74. The summed E-state index contributed by atoms with van der Waals surface area (Å²) in [6, 6.07) is 0. The maximum atomic E-state index is 5.96. The van der Waals surface area contributed by atoms with Gasteiger partial charge in [0.2, 0.25) is 0 Å². The van der Waals surface area contributed by atoms with Gasteiger partial charge in [-0.15, -0.1) is 0 Å². The molecule has 0 atom stereocenters. The Bertz CT molecular complexity index is 202. The Morgan fingerprint density at radius 1 is 1.12 bits per heavy atom. The maximum Gasteiger partial charge on any atom is 0.0484 e. The van der Waals surface area contributed by atoms with Crippen LogP contribution in [0.1, 0.15) is 40.5 Å². The van der Waals surface area contributed by atoms with Crippen LogP contribution in [-0.4, -0.2) is 31.8 Å². The normalized spacial score (nSPS) is 20.5. The van der Waals surface area contributed by atoms with E-state index in [4.69, 9.17) is 10.5 Å². The van der Waals surface area contributed by atoms with Crippen molar-refractivity contribution in [3.05, 3.63) is 0 Å². The molecular formula is C14H30N2O. The van der Waals surface area contributed by atoms with Crippen molar-refractivity contribution < 1.29 is 4.74 Å². The summed E-state index contributed by atoms with van der Waals surface area (Å²) in [6.45, 7) is 12.7. The van der Waals surface area contributed by atoms with Crippen LogP contribution in [0, 0.1) is 17.8 Å². The van der Waals surface area contributed by atoms with Gasteiger partial charge in [-0.25, -0.2) is 0 Å². The van der Waals surface area contributed by atoms with E-state index in [-0.39, 0.29) is 5.54 Å². The summed E-state index contributed by atoms with van der Waals surface area (Å²) in [6.07, 6.45) is 2.10. The number of hydrogen-bond donors (Lipinski definition) is 2. The van der Waals surface area contributed by atoms with Gasteiger partial charge in [-0.1, -0.05) is 27.7 Å². The van der Waals surface area contributed by atoms with Gasteiger partial charge in [-0.2, -0.15) is 0 Å². The fraction of sp³-hybridized carbons (Fsp3) is 1.00. The first kappa shape index (κ1) is 14.9. The van der Waals surface area contributed by atoms with Crippen LogP contribution in [0.2, 0.25) is 0 Å². The number of nitrogens with one attached hydrogen (secondary N) is 1. The Labute approximate surface area is 106 Å². The van der Waals surface area contributed by atoms with Crippen molar-refractivity contribution in [1.29, 1.82) is 0 Å². The Hall–Kier alpha value is -0.120. The van der Waals surface area contributed by atoms with E-state index < -0.39 is 0 Å². The molecule has 1 saturated heterocycles. The van der Waals surface area contributed by atoms with Gasteiger partial charge < -0.3 is 15.8 Å². The van der Waals surface area contributed by atoms with Crippen LogP contribution in [0.5, 0.6) is 0 Å². The molecule has 0 aromatic heterocycles. The van der Waals surface area contributed by atoms with Crippen LogP contribution >= 0.6 is 0 Å². The zero-order valence-electron chi connectivity index (χ0n) is 12.0. The van der Waals surface area contributed by atoms with E-state index in [2.05, 4.69) is 33.0 Å². The molecule has 0 unspecified atom stereocenters. The average Bonchev–Trinajstić information content (AvgIpc) is 2.29. The second kappa shape index (κ2) is 6.72. The van der Waals surface area contributed by atoms with Crippen molar-refractivity contribution in [2.24, 2.45) is 23.5 Å². The summed E-state index contributed by atoms with van der Waals surface area (Å²) < 4.78 is 5.43. The molecule has 0 aliphatic carbocycles. The first-order chi connectivity index (χ1) is 8.01. The molecule has 0 radical (unpaired) electrons. The molecule has 0 bridgehead atoms. The van der Waals surface area contributed by atoms with E-state index in [9.17, 15) is 0 Å². The standard InChI is InChI=1S/C14H30N2O/c1-11(2)13(12(3)4)9-16-14(10-15)5-7-17-8-6-14/h11-13,16H,5-10,15H2,1-4H3. The first-order valence-electron chi connectivity index (χ1n) is 7.03. The Kier molecular flexibility index (Phi) is 5.90. The lowest BCUT2D eigenvalue weighted by Crippen LogP contribution is -2.56. The molecule has 1 rings (SSSR count). The third-order valence-electron chi connectivity index (χ3n) is 4.27. The van der Waals surface area contributed by atoms with E-state index in [0.29, 0.717) is 0 Å². The monoisotopic (exact) mass is 242 g/mol. The molecule has 3 nitrogen and oxygen atoms in total. The van der Waals surface area contributed by atoms with Crippen molar-refractivity contribution in [2.45, 2.75) is 46.1 Å². The highest BCUT2D eigenvalue weighted by Gasteiger charge is 2.32. The summed E-state index contributed by atoms with van der Waals surface area (Å²) in [5.74, 6) is 2.16. The number of nitrogens with two attached hydrogens (primary N) is 1. The minimum atomic E-state index is 0.125. The zero-order valence-corrected chi connectivity index (χ0v) is 12.0. The summed E-state index contributed by atoms with van der Waals surface area (Å²) in [4.78, 5) is 0. The van der Waals surface area contributed by atoms with Gasteiger partial charge in [-0.3, -0.25) is 0 Å². The number of rotatable bonds is 6. The van der Waals surface area contributed by atoms with Gasteiger partial charge in [0.1, 0.15) is 0 Å². The minimum Gasteiger partial charge on any atom is -0.381 e. The lowest BCUT2D eigenvalue weighted by Gasteiger charge is -2.39. The first-order valence-corrected chi connectivity index (χ1v) is 7.03. The molecule has 1 fully saturated rings. The molecule has 1 heterocycles. The molecular weight excluding hydrogens is 212 g/mol. The van der Waals surface area contributed by atoms with Crippen LogP contribution in [-0.2, 0) is 4.74 Å². The molecule has 0 saturated carbocycles. The van der Waals surface area contributed by atoms with Crippen LogP contribution in [0.3, 0.4) is 0 Å². The van der Waals surface area contributed by atoms with Crippen LogP contribution in [0.4, 0.5) is 0 Å². The topological polar surface area (TPSA) is 47.3 Å². The van der Waals surface area contributed by atoms with Gasteiger partial charge >= 0.3 is 0 Å². The highest BCUT2D eigenvalue weighted by Crippen LogP contribution is 2.23. The molecule has 0 aromatic rings. The molecule has 0 aromatic carbocycles. The molecule has 0 spiro atoms. The van der Waals surface area contributed by atoms with Crippen molar-refractivity contribution in [2.75, 3.05) is 26.3 Å². The van der Waals surface area contributed by atoms with E-state index in [1.807, 2.05) is 0 Å². The molecule has 1 aliphatic heterocycles. The molecule has 0 amide bonds. The number of ether oxygens (including phenoxy) is 1. The second-order valence-electron chi connectivity index (χ2n) is 6.13. The van der Waals surface area contributed by atoms with Gasteiger partial charge in [0.05, 0.1) is 0 Å². The van der Waals surface area contributed by atoms with Crippen LogP contribution in [0.25, 0.3) is 0 Å². The molecule has 102 valence electrons. The largest absolute Gasteiger partial charge is 0.381 e. The van der Waals surface area contributed by atoms with E-state index in [1.54, 1.807) is 0 Å². The summed E-state index contributed by atoms with van der Waals surface area (Å²) in [7, 11) is 0. The molecule has 1 aliphatic rings. The van der Waals surface area contributed by atoms with Gasteiger partial charge in [-0.05, 0) is 37.1 Å².